The minimum atomic E-state index is -0.253. The Kier molecular flexibility index (Phi) is 5.90. The van der Waals surface area contributed by atoms with Gasteiger partial charge in [0.05, 0.1) is 19.2 Å². The van der Waals surface area contributed by atoms with Gasteiger partial charge in [-0.1, -0.05) is 29.4 Å². The van der Waals surface area contributed by atoms with Crippen LogP contribution in [0.25, 0.3) is 17.1 Å². The molecule has 134 valence electrons. The molecule has 0 saturated heterocycles. The first-order chi connectivity index (χ1) is 12.6. The monoisotopic (exact) mass is 388 g/mol. The third-order valence-electron chi connectivity index (χ3n) is 3.82. The summed E-state index contributed by atoms with van der Waals surface area (Å²) in [5.74, 6) is 0.982. The van der Waals surface area contributed by atoms with Crippen molar-refractivity contribution in [3.8, 4) is 17.1 Å². The lowest BCUT2D eigenvalue weighted by atomic mass is 10.2. The van der Waals surface area contributed by atoms with Crippen LogP contribution in [0, 0.1) is 6.92 Å². The smallest absolute Gasteiger partial charge is 0.306 e. The maximum Gasteiger partial charge on any atom is 0.306 e. The Hall–Kier alpha value is -2.38. The summed E-state index contributed by atoms with van der Waals surface area (Å²) in [6.45, 7) is 1.96. The number of aromatic nitrogens is 4. The molecule has 3 aromatic rings. The number of rotatable bonds is 6. The number of methoxy groups -OCH3 is 1. The number of hydrogen-bond acceptors (Lipinski definition) is 6. The van der Waals surface area contributed by atoms with Crippen molar-refractivity contribution in [3.63, 3.8) is 0 Å². The molecule has 0 atom stereocenters. The molecule has 0 aliphatic rings. The maximum absolute atomic E-state index is 11.4. The van der Waals surface area contributed by atoms with E-state index in [4.69, 9.17) is 16.3 Å². The van der Waals surface area contributed by atoms with Crippen LogP contribution in [0.3, 0.4) is 0 Å². The fourth-order valence-corrected chi connectivity index (χ4v) is 3.47. The van der Waals surface area contributed by atoms with E-state index in [-0.39, 0.29) is 5.97 Å². The number of hydrogen-bond donors (Lipinski definition) is 0. The first-order valence-corrected chi connectivity index (χ1v) is 9.29. The van der Waals surface area contributed by atoms with Crippen LogP contribution in [0.1, 0.15) is 12.0 Å². The Labute approximate surface area is 160 Å². The van der Waals surface area contributed by atoms with E-state index in [9.17, 15) is 4.79 Å². The van der Waals surface area contributed by atoms with Crippen LogP contribution in [-0.4, -0.2) is 38.6 Å². The van der Waals surface area contributed by atoms with E-state index >= 15 is 0 Å². The lowest BCUT2D eigenvalue weighted by Crippen LogP contribution is -2.04. The van der Waals surface area contributed by atoms with Crippen LogP contribution >= 0.6 is 23.4 Å². The number of esters is 1. The van der Waals surface area contributed by atoms with Gasteiger partial charge in [0.2, 0.25) is 0 Å². The van der Waals surface area contributed by atoms with Gasteiger partial charge in [0.25, 0.3) is 0 Å². The summed E-state index contributed by atoms with van der Waals surface area (Å²) in [6.07, 6.45) is 3.72. The molecule has 0 spiro atoms. The number of nitrogens with zero attached hydrogens (tertiary/aromatic N) is 4. The summed E-state index contributed by atoms with van der Waals surface area (Å²) < 4.78 is 6.65. The maximum atomic E-state index is 11.4. The number of benzene rings is 1. The first-order valence-electron chi connectivity index (χ1n) is 7.92. The summed E-state index contributed by atoms with van der Waals surface area (Å²) in [5.41, 5.74) is 2.72. The van der Waals surface area contributed by atoms with E-state index in [1.54, 1.807) is 12.4 Å². The number of thioether (sulfide) groups is 1. The predicted octanol–water partition coefficient (Wildman–Crippen LogP) is 3.95. The highest BCUT2D eigenvalue weighted by molar-refractivity contribution is 7.99. The lowest BCUT2D eigenvalue weighted by molar-refractivity contribution is -0.140. The van der Waals surface area contributed by atoms with Gasteiger partial charge in [-0.25, -0.2) is 0 Å². The second-order valence-electron chi connectivity index (χ2n) is 5.44. The van der Waals surface area contributed by atoms with E-state index in [2.05, 4.69) is 15.2 Å². The molecule has 0 N–H and O–H groups in total. The average molecular weight is 389 g/mol. The third-order valence-corrected chi connectivity index (χ3v) is 5.16. The van der Waals surface area contributed by atoms with Gasteiger partial charge < -0.3 is 4.74 Å². The van der Waals surface area contributed by atoms with Crippen molar-refractivity contribution >= 4 is 29.3 Å². The van der Waals surface area contributed by atoms with E-state index in [0.717, 1.165) is 16.8 Å². The van der Waals surface area contributed by atoms with Crippen LogP contribution < -0.4 is 0 Å². The average Bonchev–Trinajstić information content (AvgIpc) is 3.08. The summed E-state index contributed by atoms with van der Waals surface area (Å²) in [7, 11) is 1.38. The normalized spacial score (nSPS) is 10.7. The highest BCUT2D eigenvalue weighted by atomic mass is 35.5. The van der Waals surface area contributed by atoms with Crippen molar-refractivity contribution in [3.05, 3.63) is 53.3 Å². The number of carbonyl (C=O) groups excluding carboxylic acids is 1. The fraction of sp³-hybridized carbons (Fsp3) is 0.222. The van der Waals surface area contributed by atoms with Crippen LogP contribution in [0.15, 0.2) is 47.9 Å². The molecule has 26 heavy (non-hydrogen) atoms. The molecule has 0 amide bonds. The van der Waals surface area contributed by atoms with Gasteiger partial charge in [0.15, 0.2) is 11.0 Å². The van der Waals surface area contributed by atoms with Crippen molar-refractivity contribution < 1.29 is 9.53 Å². The Morgan fingerprint density at radius 1 is 1.23 bits per heavy atom. The molecule has 0 radical (unpaired) electrons. The molecule has 0 bridgehead atoms. The molecule has 0 saturated carbocycles. The summed E-state index contributed by atoms with van der Waals surface area (Å²) in [4.78, 5) is 15.4. The Morgan fingerprint density at radius 2 is 2.00 bits per heavy atom. The number of ether oxygens (including phenoxy) is 1. The molecule has 2 heterocycles. The Balaban J connectivity index is 2.04. The van der Waals surface area contributed by atoms with Gasteiger partial charge in [-0.3, -0.25) is 14.3 Å². The van der Waals surface area contributed by atoms with Gasteiger partial charge in [0, 0.05) is 28.7 Å². The van der Waals surface area contributed by atoms with Gasteiger partial charge in [-0.2, -0.15) is 0 Å². The quantitative estimate of drug-likeness (QED) is 0.470. The molecule has 1 aromatic carbocycles. The summed E-state index contributed by atoms with van der Waals surface area (Å²) in [6, 6.07) is 9.47. The van der Waals surface area contributed by atoms with Gasteiger partial charge >= 0.3 is 5.97 Å². The van der Waals surface area contributed by atoms with Crippen molar-refractivity contribution in [1.29, 1.82) is 0 Å². The Bertz CT molecular complexity index is 915. The van der Waals surface area contributed by atoms with Gasteiger partial charge in [0.1, 0.15) is 0 Å². The minimum absolute atomic E-state index is 0.253. The zero-order valence-corrected chi connectivity index (χ0v) is 15.9. The number of halogens is 1. The van der Waals surface area contributed by atoms with Crippen molar-refractivity contribution in [2.45, 2.75) is 18.5 Å². The molecular weight excluding hydrogens is 372 g/mol. The van der Waals surface area contributed by atoms with Gasteiger partial charge in [-0.15, -0.1) is 10.2 Å². The van der Waals surface area contributed by atoms with E-state index in [1.807, 2.05) is 41.8 Å². The van der Waals surface area contributed by atoms with Crippen LogP contribution in [0.2, 0.25) is 5.02 Å². The molecular formula is C18H17ClN4O2S. The molecule has 8 heteroatoms. The zero-order chi connectivity index (χ0) is 18.5. The van der Waals surface area contributed by atoms with E-state index in [0.29, 0.717) is 28.2 Å². The second-order valence-corrected chi connectivity index (χ2v) is 6.91. The second kappa shape index (κ2) is 8.33. The molecule has 0 fully saturated rings. The molecule has 0 aliphatic carbocycles. The topological polar surface area (TPSA) is 69.9 Å². The standard InChI is InChI=1S/C18H17ClN4O2S/c1-12-14(19)4-3-5-15(12)23-17(13-6-9-20-10-7-13)21-22-18(23)26-11-8-16(24)25-2/h3-7,9-10H,8,11H2,1-2H3. The highest BCUT2D eigenvalue weighted by Gasteiger charge is 2.18. The number of carbonyl (C=O) groups is 1. The first kappa shape index (κ1) is 18.4. The molecule has 0 unspecified atom stereocenters. The molecule has 3 rings (SSSR count). The predicted molar refractivity (Wildman–Crippen MR) is 102 cm³/mol. The molecule has 6 nitrogen and oxygen atoms in total. The Morgan fingerprint density at radius 3 is 2.73 bits per heavy atom. The van der Waals surface area contributed by atoms with Gasteiger partial charge in [-0.05, 0) is 36.8 Å². The fourth-order valence-electron chi connectivity index (χ4n) is 2.43. The third kappa shape index (κ3) is 3.89. The SMILES string of the molecule is COC(=O)CCSc1nnc(-c2ccncc2)n1-c1cccc(Cl)c1C. The largest absolute Gasteiger partial charge is 0.469 e. The van der Waals surface area contributed by atoms with Crippen molar-refractivity contribution in [2.75, 3.05) is 12.9 Å². The highest BCUT2D eigenvalue weighted by Crippen LogP contribution is 2.31. The van der Waals surface area contributed by atoms with Crippen molar-refractivity contribution in [1.82, 2.24) is 19.7 Å². The van der Waals surface area contributed by atoms with E-state index < -0.39 is 0 Å². The summed E-state index contributed by atoms with van der Waals surface area (Å²) in [5, 5.41) is 10.0. The lowest BCUT2D eigenvalue weighted by Gasteiger charge is -2.13. The van der Waals surface area contributed by atoms with E-state index in [1.165, 1.54) is 18.9 Å². The van der Waals surface area contributed by atoms with Crippen molar-refractivity contribution in [2.24, 2.45) is 0 Å². The zero-order valence-electron chi connectivity index (χ0n) is 14.3. The molecule has 2 aromatic heterocycles. The summed E-state index contributed by atoms with van der Waals surface area (Å²) >= 11 is 7.76. The van der Waals surface area contributed by atoms with Crippen LogP contribution in [0.4, 0.5) is 0 Å². The van der Waals surface area contributed by atoms with Crippen LogP contribution in [-0.2, 0) is 9.53 Å². The minimum Gasteiger partial charge on any atom is -0.469 e. The number of pyridine rings is 1. The molecule has 0 aliphatic heterocycles. The van der Waals surface area contributed by atoms with Crippen LogP contribution in [0.5, 0.6) is 0 Å².